The number of ketones is 2. The molecule has 13 heteroatoms. The van der Waals surface area contributed by atoms with E-state index in [2.05, 4.69) is 136 Å². The molecule has 14 rings (SSSR count). The predicted octanol–water partition coefficient (Wildman–Crippen LogP) is 15.2. The molecule has 12 nitrogen and oxygen atoms in total. The molecular formula is C76H113ClN8O4. The van der Waals surface area contributed by atoms with Gasteiger partial charge in [0.15, 0.2) is 0 Å². The van der Waals surface area contributed by atoms with E-state index in [4.69, 9.17) is 11.6 Å². The maximum atomic E-state index is 14.9. The van der Waals surface area contributed by atoms with E-state index < -0.39 is 0 Å². The Morgan fingerprint density at radius 3 is 1.31 bits per heavy atom. The highest BCUT2D eigenvalue weighted by Crippen LogP contribution is 2.80. The molecule has 12 aliphatic rings. The Hall–Kier alpha value is -4.03. The molecule has 1 amide bonds. The second-order valence-corrected chi connectivity index (χ2v) is 34.7. The van der Waals surface area contributed by atoms with Crippen LogP contribution >= 0.6 is 11.6 Å². The highest BCUT2D eigenvalue weighted by atomic mass is 35.5. The van der Waals surface area contributed by atoms with Crippen LogP contribution in [0.4, 0.5) is 11.9 Å². The van der Waals surface area contributed by atoms with E-state index >= 15 is 0 Å². The van der Waals surface area contributed by atoms with Gasteiger partial charge in [-0.15, -0.1) is 0 Å². The number of allylic oxidation sites excluding steroid dienone is 2. The molecule has 89 heavy (non-hydrogen) atoms. The van der Waals surface area contributed by atoms with E-state index in [0.717, 1.165) is 141 Å². The van der Waals surface area contributed by atoms with Crippen LogP contribution < -0.4 is 15.1 Å². The summed E-state index contributed by atoms with van der Waals surface area (Å²) in [4.78, 5) is 77.8. The van der Waals surface area contributed by atoms with Crippen LogP contribution in [0.2, 0.25) is 0 Å². The summed E-state index contributed by atoms with van der Waals surface area (Å²) >= 11 is 6.42. The van der Waals surface area contributed by atoms with Gasteiger partial charge in [0.1, 0.15) is 11.6 Å². The number of carbonyl (C=O) groups excluding carboxylic acids is 4. The Kier molecular flexibility index (Phi) is 16.9. The van der Waals surface area contributed by atoms with E-state index in [1.165, 1.54) is 62.5 Å². The molecular weight excluding hydrogens is 1120 g/mol. The molecule has 10 saturated carbocycles. The molecule has 4 heterocycles. The quantitative estimate of drug-likeness (QED) is 0.218. The number of fused-ring (bicyclic) bond motifs is 14. The molecule has 1 N–H and O–H groups in total. The Bertz CT molecular complexity index is 3050. The first kappa shape index (κ1) is 65.0. The van der Waals surface area contributed by atoms with Crippen LogP contribution in [0, 0.1) is 113 Å². The van der Waals surface area contributed by atoms with Gasteiger partial charge in [0.2, 0.25) is 23.0 Å². The Balaban J connectivity index is 0.000000149. The second-order valence-electron chi connectivity index (χ2n) is 34.4. The number of hydrogen-bond acceptors (Lipinski definition) is 11. The summed E-state index contributed by atoms with van der Waals surface area (Å²) in [5, 5.41) is 3.21. The zero-order valence-corrected chi connectivity index (χ0v) is 57.8. The lowest BCUT2D eigenvalue weighted by Crippen LogP contribution is -2.67. The monoisotopic (exact) mass is 1240 g/mol. The molecule has 10 aliphatic carbocycles. The van der Waals surface area contributed by atoms with Gasteiger partial charge in [0.05, 0.1) is 5.41 Å². The van der Waals surface area contributed by atoms with Gasteiger partial charge in [-0.3, -0.25) is 19.2 Å². The number of nitrogens with zero attached hydrogens (tertiary/aromatic N) is 7. The maximum absolute atomic E-state index is 14.9. The summed E-state index contributed by atoms with van der Waals surface area (Å²) in [5.41, 5.74) is 2.88. The average molecular weight is 1240 g/mol. The smallest absolute Gasteiger partial charge is 0.229 e. The number of hydrogen-bond donors (Lipinski definition) is 1. The van der Waals surface area contributed by atoms with Gasteiger partial charge < -0.3 is 20.0 Å². The number of Topliss-reactive ketones (excluding diaryl/α,β-unsaturated/α-hetero) is 2. The fourth-order valence-electron chi connectivity index (χ4n) is 25.8. The van der Waals surface area contributed by atoms with Crippen molar-refractivity contribution in [3.05, 3.63) is 61.2 Å². The highest BCUT2D eigenvalue weighted by Gasteiger charge is 2.74. The van der Waals surface area contributed by atoms with E-state index in [1.54, 1.807) is 24.8 Å². The predicted molar refractivity (Wildman–Crippen MR) is 357 cm³/mol. The number of anilines is 2. The van der Waals surface area contributed by atoms with E-state index in [9.17, 15) is 19.2 Å². The fraction of sp³-hybridized carbons (Fsp3) is 0.789. The standard InChI is InChI=1S/C38H56N4O2.C30H45ClO2.C8H12N4/c1-25(2)26-11-16-38(32(44)41-21-23-42(24-22-41)33-39-19-8-20-40-33)18-17-36(6)27(31(26)38)9-10-29-35(5)14-13-30(43)34(3,4)28(35)12-15-37(29,36)7;1-18(2)19-10-15-30(25(31)33)17-16-28(6)20(24(19)30)8-9-22-27(5)13-12-23(32)26(3,4)21(27)11-14-29(22,28)7;1-2-10-8(11-3-1)12-6-4-9-5-7-12/h8,19-20,26-29,31H,1,9-18,21-24H2,2-7H3;19-22,24H,1,8-17H2,2-7H3;1-3,9H,4-7H2/t26-,27?,28?,29+,31+,35-,36+,37+,38-;19-,20?,21?,22+,24+,27-,28+,29+,30-;/m00./s1. The SMILES string of the molecule is C=C(C)[C@@H]1CC[C@]2(C(=O)Cl)CC[C@]3(C)C(CC[C@@H]4[C@@]5(C)CCC(=O)C(C)(C)C5CC[C@]43C)[C@@H]12.C=C(C)[C@@H]1CC[C@]2(C(=O)N3CCN(c4ncccn4)CC3)CC[C@]3(C)C(CC[C@@H]4[C@@]5(C)CCC(=O)C(C)(C)C5CC[C@]43C)[C@@H]12.c1cnc(N2CCNCC2)nc1. The van der Waals surface area contributed by atoms with E-state index in [1.807, 2.05) is 12.1 Å². The normalized spacial score (nSPS) is 44.1. The van der Waals surface area contributed by atoms with Gasteiger partial charge in [0.25, 0.3) is 0 Å². The van der Waals surface area contributed by atoms with Gasteiger partial charge in [-0.25, -0.2) is 19.9 Å². The van der Waals surface area contributed by atoms with Crippen LogP contribution in [0.5, 0.6) is 0 Å². The van der Waals surface area contributed by atoms with Gasteiger partial charge in [-0.1, -0.05) is 93.5 Å². The van der Waals surface area contributed by atoms with Crippen molar-refractivity contribution in [2.45, 2.75) is 212 Å². The third-order valence-electron chi connectivity index (χ3n) is 30.8. The van der Waals surface area contributed by atoms with Crippen molar-refractivity contribution in [2.24, 2.45) is 113 Å². The van der Waals surface area contributed by atoms with Crippen molar-refractivity contribution in [1.29, 1.82) is 0 Å². The summed E-state index contributed by atoms with van der Waals surface area (Å²) in [5.74, 6) is 7.95. The minimum absolute atomic E-state index is 0.0752. The topological polar surface area (TPSA) is 142 Å². The van der Waals surface area contributed by atoms with Gasteiger partial charge in [-0.05, 0) is 245 Å². The molecule has 0 spiro atoms. The first-order chi connectivity index (χ1) is 42.0. The van der Waals surface area contributed by atoms with Crippen molar-refractivity contribution in [2.75, 3.05) is 62.2 Å². The van der Waals surface area contributed by atoms with Crippen LogP contribution in [-0.2, 0) is 19.2 Å². The summed E-state index contributed by atoms with van der Waals surface area (Å²) in [7, 11) is 0. The molecule has 2 saturated heterocycles. The largest absolute Gasteiger partial charge is 0.339 e. The first-order valence-electron chi connectivity index (χ1n) is 35.6. The first-order valence-corrected chi connectivity index (χ1v) is 36.0. The van der Waals surface area contributed by atoms with Crippen LogP contribution in [0.15, 0.2) is 61.2 Å². The van der Waals surface area contributed by atoms with Gasteiger partial charge in [-0.2, -0.15) is 0 Å². The number of aromatic nitrogens is 4. The zero-order valence-electron chi connectivity index (χ0n) is 57.1. The molecule has 12 fully saturated rings. The number of rotatable bonds is 6. The molecule has 488 valence electrons. The molecule has 2 aromatic heterocycles. The zero-order chi connectivity index (χ0) is 63.7. The van der Waals surface area contributed by atoms with Crippen molar-refractivity contribution in [3.8, 4) is 0 Å². The van der Waals surface area contributed by atoms with Crippen LogP contribution in [0.25, 0.3) is 0 Å². The summed E-state index contributed by atoms with van der Waals surface area (Å²) < 4.78 is 0. The Morgan fingerprint density at radius 1 is 0.483 bits per heavy atom. The third kappa shape index (κ3) is 9.80. The number of nitrogens with one attached hydrogen (secondary N) is 1. The van der Waals surface area contributed by atoms with Crippen molar-refractivity contribution < 1.29 is 19.2 Å². The molecule has 0 radical (unpaired) electrons. The average Bonchev–Trinajstić information content (AvgIpc) is 1.69. The molecule has 0 bridgehead atoms. The number of amides is 1. The van der Waals surface area contributed by atoms with Gasteiger partial charge >= 0.3 is 0 Å². The van der Waals surface area contributed by atoms with E-state index in [-0.39, 0.29) is 59.4 Å². The van der Waals surface area contributed by atoms with Crippen LogP contribution in [-0.4, -0.2) is 99.9 Å². The summed E-state index contributed by atoms with van der Waals surface area (Å²) in [6.45, 7) is 45.0. The van der Waals surface area contributed by atoms with Crippen LogP contribution in [0.1, 0.15) is 212 Å². The highest BCUT2D eigenvalue weighted by molar-refractivity contribution is 6.64. The lowest BCUT2D eigenvalue weighted by Gasteiger charge is -2.72. The summed E-state index contributed by atoms with van der Waals surface area (Å²) in [6.07, 6.45) is 28.8. The molecule has 2 aliphatic heterocycles. The maximum Gasteiger partial charge on any atom is 0.229 e. The van der Waals surface area contributed by atoms with Crippen LogP contribution in [0.3, 0.4) is 0 Å². The summed E-state index contributed by atoms with van der Waals surface area (Å²) in [6, 6.07) is 3.69. The number of halogens is 1. The van der Waals surface area contributed by atoms with Crippen molar-refractivity contribution >= 4 is 46.2 Å². The molecule has 0 aromatic carbocycles. The third-order valence-corrected chi connectivity index (χ3v) is 31.2. The lowest BCUT2D eigenvalue weighted by atomic mass is 9.32. The van der Waals surface area contributed by atoms with Crippen molar-refractivity contribution in [3.63, 3.8) is 0 Å². The van der Waals surface area contributed by atoms with E-state index in [0.29, 0.717) is 76.7 Å². The Labute approximate surface area is 541 Å². The minimum Gasteiger partial charge on any atom is -0.339 e. The number of carbonyl (C=O) groups is 4. The lowest BCUT2D eigenvalue weighted by molar-refractivity contribution is -0.234. The Morgan fingerprint density at radius 2 is 0.888 bits per heavy atom. The molecule has 18 atom stereocenters. The minimum atomic E-state index is -0.334. The molecule has 4 unspecified atom stereocenters. The number of piperazine rings is 2. The molecule has 2 aromatic rings. The fourth-order valence-corrected chi connectivity index (χ4v) is 26.1. The van der Waals surface area contributed by atoms with Crippen molar-refractivity contribution in [1.82, 2.24) is 30.2 Å². The second kappa shape index (κ2) is 23.2. The van der Waals surface area contributed by atoms with Gasteiger partial charge in [0, 0.05) is 106 Å².